The fourth-order valence-corrected chi connectivity index (χ4v) is 1.82. The molecule has 0 heterocycles. The van der Waals surface area contributed by atoms with Crippen LogP contribution in [-0.2, 0) is 6.54 Å². The quantitative estimate of drug-likeness (QED) is 0.836. The topological polar surface area (TPSA) is 29.1 Å². The lowest BCUT2D eigenvalue weighted by Gasteiger charge is -2.07. The first kappa shape index (κ1) is 14.5. The number of amides is 1. The average molecular weight is 297 g/mol. The third-order valence-electron chi connectivity index (χ3n) is 2.66. The van der Waals surface area contributed by atoms with Gasteiger partial charge >= 0.3 is 0 Å². The van der Waals surface area contributed by atoms with Crippen molar-refractivity contribution in [1.82, 2.24) is 5.32 Å². The van der Waals surface area contributed by atoms with E-state index in [9.17, 15) is 18.0 Å². The molecular weight excluding hydrogens is 287 g/mol. The molecule has 0 saturated carbocycles. The van der Waals surface area contributed by atoms with Gasteiger partial charge in [0.2, 0.25) is 0 Å². The van der Waals surface area contributed by atoms with Crippen LogP contribution >= 0.6 is 12.6 Å². The molecule has 0 saturated heterocycles. The van der Waals surface area contributed by atoms with Crippen molar-refractivity contribution in [3.63, 3.8) is 0 Å². The molecule has 104 valence electrons. The van der Waals surface area contributed by atoms with E-state index in [-0.39, 0.29) is 22.6 Å². The molecule has 1 N–H and O–H groups in total. The van der Waals surface area contributed by atoms with E-state index in [2.05, 4.69) is 17.9 Å². The average Bonchev–Trinajstić information content (AvgIpc) is 2.42. The van der Waals surface area contributed by atoms with Crippen LogP contribution in [0.15, 0.2) is 41.3 Å². The molecule has 0 aromatic heterocycles. The van der Waals surface area contributed by atoms with Crippen molar-refractivity contribution >= 4 is 18.5 Å². The van der Waals surface area contributed by atoms with E-state index in [1.165, 1.54) is 12.1 Å². The van der Waals surface area contributed by atoms with Crippen molar-refractivity contribution < 1.29 is 18.0 Å². The van der Waals surface area contributed by atoms with E-state index in [1.807, 2.05) is 0 Å². The van der Waals surface area contributed by atoms with Crippen molar-refractivity contribution in [3.8, 4) is 0 Å². The summed E-state index contributed by atoms with van der Waals surface area (Å²) in [5.74, 6) is -2.26. The van der Waals surface area contributed by atoms with Crippen LogP contribution in [0.4, 0.5) is 13.2 Å². The molecule has 1 amide bonds. The predicted octanol–water partition coefficient (Wildman–Crippen LogP) is 3.32. The number of halogens is 3. The Bertz CT molecular complexity index is 661. The van der Waals surface area contributed by atoms with Crippen molar-refractivity contribution in [3.05, 3.63) is 65.0 Å². The van der Waals surface area contributed by atoms with Gasteiger partial charge in [-0.1, -0.05) is 0 Å². The molecule has 0 aliphatic carbocycles. The summed E-state index contributed by atoms with van der Waals surface area (Å²) in [6.07, 6.45) is 0. The van der Waals surface area contributed by atoms with Gasteiger partial charge in [-0.25, -0.2) is 13.2 Å². The summed E-state index contributed by atoms with van der Waals surface area (Å²) in [6, 6.07) is 6.64. The van der Waals surface area contributed by atoms with Gasteiger partial charge in [0.05, 0.1) is 0 Å². The number of carbonyl (C=O) groups excluding carboxylic acids is 1. The fourth-order valence-electron chi connectivity index (χ4n) is 1.61. The second-order valence-corrected chi connectivity index (χ2v) is 4.57. The predicted molar refractivity (Wildman–Crippen MR) is 71.2 cm³/mol. The van der Waals surface area contributed by atoms with Crippen molar-refractivity contribution in [2.24, 2.45) is 0 Å². The van der Waals surface area contributed by atoms with Crippen molar-refractivity contribution in [1.29, 1.82) is 0 Å². The molecule has 20 heavy (non-hydrogen) atoms. The minimum atomic E-state index is -0.610. The first-order chi connectivity index (χ1) is 9.47. The lowest BCUT2D eigenvalue weighted by Crippen LogP contribution is -2.23. The van der Waals surface area contributed by atoms with E-state index in [0.717, 1.165) is 24.3 Å². The third-order valence-corrected chi connectivity index (χ3v) is 3.00. The van der Waals surface area contributed by atoms with Crippen LogP contribution in [0, 0.1) is 17.5 Å². The summed E-state index contributed by atoms with van der Waals surface area (Å²) in [6.45, 7) is -0.165. The summed E-state index contributed by atoms with van der Waals surface area (Å²) in [4.78, 5) is 11.8. The second-order valence-electron chi connectivity index (χ2n) is 4.08. The van der Waals surface area contributed by atoms with Gasteiger partial charge in [0, 0.05) is 22.6 Å². The number of rotatable bonds is 3. The zero-order valence-corrected chi connectivity index (χ0v) is 11.1. The van der Waals surface area contributed by atoms with Gasteiger partial charge in [0.15, 0.2) is 0 Å². The minimum absolute atomic E-state index is 0.0339. The van der Waals surface area contributed by atoms with E-state index in [0.29, 0.717) is 0 Å². The van der Waals surface area contributed by atoms with Crippen molar-refractivity contribution in [2.75, 3.05) is 0 Å². The summed E-state index contributed by atoms with van der Waals surface area (Å²) in [5.41, 5.74) is 0.222. The molecule has 2 rings (SSSR count). The Kier molecular flexibility index (Phi) is 4.34. The van der Waals surface area contributed by atoms with Crippen LogP contribution in [0.25, 0.3) is 0 Å². The maximum Gasteiger partial charge on any atom is 0.251 e. The zero-order chi connectivity index (χ0) is 14.7. The fraction of sp³-hybridized carbons (Fsp3) is 0.0714. The maximum absolute atomic E-state index is 13.4. The molecule has 0 atom stereocenters. The van der Waals surface area contributed by atoms with E-state index < -0.39 is 23.4 Å². The highest BCUT2D eigenvalue weighted by atomic mass is 32.1. The molecule has 6 heteroatoms. The molecule has 2 aromatic carbocycles. The first-order valence-corrected chi connectivity index (χ1v) is 6.13. The number of carbonyl (C=O) groups is 1. The Morgan fingerprint density at radius 1 is 1.05 bits per heavy atom. The van der Waals surface area contributed by atoms with Gasteiger partial charge in [-0.05, 0) is 36.4 Å². The second kappa shape index (κ2) is 6.00. The normalized spacial score (nSPS) is 10.4. The monoisotopic (exact) mass is 297 g/mol. The van der Waals surface area contributed by atoms with Gasteiger partial charge in [0.1, 0.15) is 17.5 Å². The minimum Gasteiger partial charge on any atom is -0.348 e. The van der Waals surface area contributed by atoms with E-state index in [1.54, 1.807) is 0 Å². The lowest BCUT2D eigenvalue weighted by atomic mass is 10.1. The SMILES string of the molecule is O=C(NCc1cc(F)ccc1F)c1ccc(F)c(S)c1. The summed E-state index contributed by atoms with van der Waals surface area (Å²) >= 11 is 3.87. The van der Waals surface area contributed by atoms with Crippen molar-refractivity contribution in [2.45, 2.75) is 11.4 Å². The Labute approximate surface area is 119 Å². The summed E-state index contributed by atoms with van der Waals surface area (Å²) < 4.78 is 39.3. The van der Waals surface area contributed by atoms with Gasteiger partial charge < -0.3 is 5.32 Å². The molecule has 0 unspecified atom stereocenters. The molecule has 0 bridgehead atoms. The number of benzene rings is 2. The summed E-state index contributed by atoms with van der Waals surface area (Å²) in [7, 11) is 0. The molecule has 2 aromatic rings. The molecule has 0 fully saturated rings. The van der Waals surface area contributed by atoms with E-state index >= 15 is 0 Å². The van der Waals surface area contributed by atoms with Crippen LogP contribution in [0.5, 0.6) is 0 Å². The third kappa shape index (κ3) is 3.33. The molecule has 0 aliphatic heterocycles. The number of thiol groups is 1. The van der Waals surface area contributed by atoms with Crippen LogP contribution in [0.3, 0.4) is 0 Å². The molecule has 2 nitrogen and oxygen atoms in total. The smallest absolute Gasteiger partial charge is 0.251 e. The van der Waals surface area contributed by atoms with E-state index in [4.69, 9.17) is 0 Å². The Balaban J connectivity index is 2.08. The van der Waals surface area contributed by atoms with Crippen LogP contribution in [-0.4, -0.2) is 5.91 Å². The standard InChI is InChI=1S/C14H10F3NOS/c15-10-2-4-11(16)9(5-10)7-18-14(19)8-1-3-12(17)13(20)6-8/h1-6,20H,7H2,(H,18,19). The van der Waals surface area contributed by atoms with Crippen LogP contribution in [0.1, 0.15) is 15.9 Å². The Morgan fingerprint density at radius 3 is 2.45 bits per heavy atom. The lowest BCUT2D eigenvalue weighted by molar-refractivity contribution is 0.0950. The molecular formula is C14H10F3NOS. The molecule has 0 aliphatic rings. The zero-order valence-electron chi connectivity index (χ0n) is 10.2. The maximum atomic E-state index is 13.4. The van der Waals surface area contributed by atoms with Crippen LogP contribution in [0.2, 0.25) is 0 Å². The molecule has 0 spiro atoms. The van der Waals surface area contributed by atoms with Gasteiger partial charge in [-0.2, -0.15) is 0 Å². The van der Waals surface area contributed by atoms with Gasteiger partial charge in [-0.15, -0.1) is 12.6 Å². The Morgan fingerprint density at radius 2 is 1.75 bits per heavy atom. The largest absolute Gasteiger partial charge is 0.348 e. The Hall–Kier alpha value is -1.95. The highest BCUT2D eigenvalue weighted by Gasteiger charge is 2.10. The van der Waals surface area contributed by atoms with Gasteiger partial charge in [-0.3, -0.25) is 4.79 Å². The highest BCUT2D eigenvalue weighted by molar-refractivity contribution is 7.80. The van der Waals surface area contributed by atoms with Crippen LogP contribution < -0.4 is 5.32 Å². The number of hydrogen-bond acceptors (Lipinski definition) is 2. The first-order valence-electron chi connectivity index (χ1n) is 5.68. The van der Waals surface area contributed by atoms with Gasteiger partial charge in [0.25, 0.3) is 5.91 Å². The highest BCUT2D eigenvalue weighted by Crippen LogP contribution is 2.14. The number of nitrogens with one attached hydrogen (secondary N) is 1. The summed E-state index contributed by atoms with van der Waals surface area (Å²) in [5, 5.41) is 2.43. The number of hydrogen-bond donors (Lipinski definition) is 2. The molecule has 0 radical (unpaired) electrons.